The summed E-state index contributed by atoms with van der Waals surface area (Å²) in [7, 11) is 0. The molecule has 2 unspecified atom stereocenters. The van der Waals surface area contributed by atoms with Crippen LogP contribution in [0.2, 0.25) is 0 Å². The fourth-order valence-corrected chi connectivity index (χ4v) is 2.20. The number of hydrogen-bond donors (Lipinski definition) is 3. The highest BCUT2D eigenvalue weighted by atomic mass is 16.3. The number of benzene rings is 1. The summed E-state index contributed by atoms with van der Waals surface area (Å²) < 4.78 is 0. The van der Waals surface area contributed by atoms with E-state index in [0.717, 1.165) is 24.1 Å². The third-order valence-electron chi connectivity index (χ3n) is 3.28. The second-order valence-electron chi connectivity index (χ2n) is 4.66. The van der Waals surface area contributed by atoms with Gasteiger partial charge >= 0.3 is 0 Å². The molecule has 1 fully saturated rings. The third kappa shape index (κ3) is 3.26. The summed E-state index contributed by atoms with van der Waals surface area (Å²) in [6.07, 6.45) is 0.0766. The third-order valence-corrected chi connectivity index (χ3v) is 3.28. The molecule has 2 atom stereocenters. The van der Waals surface area contributed by atoms with Crippen molar-refractivity contribution < 1.29 is 10.2 Å². The standard InChI is InChI=1S/C13H20N2O2/c14-7-10-1-3-11(4-2-10)13(17)9-15-6-5-12(16)8-15/h1-4,12-13,16-17H,5-9,14H2. The van der Waals surface area contributed by atoms with Crippen molar-refractivity contribution in [3.05, 3.63) is 35.4 Å². The zero-order valence-corrected chi connectivity index (χ0v) is 9.92. The Morgan fingerprint density at radius 2 is 2.06 bits per heavy atom. The van der Waals surface area contributed by atoms with Gasteiger partial charge in [0.1, 0.15) is 0 Å². The molecule has 0 saturated carbocycles. The maximum atomic E-state index is 10.1. The fourth-order valence-electron chi connectivity index (χ4n) is 2.20. The monoisotopic (exact) mass is 236 g/mol. The number of hydrogen-bond acceptors (Lipinski definition) is 4. The largest absolute Gasteiger partial charge is 0.392 e. The first kappa shape index (κ1) is 12.5. The molecule has 1 heterocycles. The van der Waals surface area contributed by atoms with Crippen LogP contribution in [0.4, 0.5) is 0 Å². The van der Waals surface area contributed by atoms with Crippen molar-refractivity contribution in [1.82, 2.24) is 4.90 Å². The predicted octanol–water partition coefficient (Wildman–Crippen LogP) is 0.245. The van der Waals surface area contributed by atoms with Gasteiger partial charge in [-0.1, -0.05) is 24.3 Å². The molecule has 4 heteroatoms. The first-order valence-electron chi connectivity index (χ1n) is 6.06. The molecule has 0 radical (unpaired) electrons. The number of β-amino-alcohol motifs (C(OH)–C–C–N with tert-alkyl or cyclic N) is 2. The number of likely N-dealkylation sites (tertiary alicyclic amines) is 1. The van der Waals surface area contributed by atoms with Crippen LogP contribution in [0.15, 0.2) is 24.3 Å². The minimum Gasteiger partial charge on any atom is -0.392 e. The smallest absolute Gasteiger partial charge is 0.0916 e. The minimum atomic E-state index is -0.493. The molecule has 0 aliphatic carbocycles. The SMILES string of the molecule is NCc1ccc(C(O)CN2CCC(O)C2)cc1. The van der Waals surface area contributed by atoms with Crippen molar-refractivity contribution in [2.75, 3.05) is 19.6 Å². The molecule has 4 N–H and O–H groups in total. The highest BCUT2D eigenvalue weighted by molar-refractivity contribution is 5.24. The Bertz CT molecular complexity index is 353. The first-order chi connectivity index (χ1) is 8.19. The van der Waals surface area contributed by atoms with Crippen molar-refractivity contribution >= 4 is 0 Å². The van der Waals surface area contributed by atoms with Crippen molar-refractivity contribution in [3.63, 3.8) is 0 Å². The van der Waals surface area contributed by atoms with Gasteiger partial charge in [0.15, 0.2) is 0 Å². The molecule has 17 heavy (non-hydrogen) atoms. The minimum absolute atomic E-state index is 0.234. The quantitative estimate of drug-likeness (QED) is 0.700. The van der Waals surface area contributed by atoms with Crippen LogP contribution < -0.4 is 5.73 Å². The molecule has 0 aromatic heterocycles. The molecule has 1 aromatic carbocycles. The van der Waals surface area contributed by atoms with Gasteiger partial charge in [-0.05, 0) is 17.5 Å². The lowest BCUT2D eigenvalue weighted by Crippen LogP contribution is -2.27. The molecule has 2 rings (SSSR count). The summed E-state index contributed by atoms with van der Waals surface area (Å²) in [5, 5.41) is 19.5. The Morgan fingerprint density at radius 1 is 1.35 bits per heavy atom. The molecule has 4 nitrogen and oxygen atoms in total. The second-order valence-corrected chi connectivity index (χ2v) is 4.66. The van der Waals surface area contributed by atoms with E-state index in [0.29, 0.717) is 19.6 Å². The van der Waals surface area contributed by atoms with Crippen LogP contribution in [0.25, 0.3) is 0 Å². The lowest BCUT2D eigenvalue weighted by atomic mass is 10.1. The van der Waals surface area contributed by atoms with Crippen molar-refractivity contribution in [2.24, 2.45) is 5.73 Å². The Kier molecular flexibility index (Phi) is 4.12. The van der Waals surface area contributed by atoms with Crippen LogP contribution in [0.1, 0.15) is 23.7 Å². The molecule has 94 valence electrons. The van der Waals surface area contributed by atoms with E-state index in [-0.39, 0.29) is 6.10 Å². The topological polar surface area (TPSA) is 69.7 Å². The van der Waals surface area contributed by atoms with Crippen LogP contribution in [-0.4, -0.2) is 40.9 Å². The summed E-state index contributed by atoms with van der Waals surface area (Å²) >= 11 is 0. The van der Waals surface area contributed by atoms with E-state index < -0.39 is 6.10 Å². The Balaban J connectivity index is 1.92. The van der Waals surface area contributed by atoms with Gasteiger partial charge in [0.25, 0.3) is 0 Å². The summed E-state index contributed by atoms with van der Waals surface area (Å²) in [6.45, 7) is 2.63. The van der Waals surface area contributed by atoms with E-state index in [1.165, 1.54) is 0 Å². The Labute approximate surface area is 102 Å². The number of nitrogens with two attached hydrogens (primary N) is 1. The average molecular weight is 236 g/mol. The zero-order valence-electron chi connectivity index (χ0n) is 9.92. The molecule has 1 aromatic rings. The summed E-state index contributed by atoms with van der Waals surface area (Å²) in [5.41, 5.74) is 7.50. The van der Waals surface area contributed by atoms with Crippen LogP contribution in [0.3, 0.4) is 0 Å². The molecule has 1 saturated heterocycles. The number of rotatable bonds is 4. The van der Waals surface area contributed by atoms with Crippen molar-refractivity contribution in [2.45, 2.75) is 25.2 Å². The second kappa shape index (κ2) is 5.60. The molecular formula is C13H20N2O2. The van der Waals surface area contributed by atoms with Crippen LogP contribution >= 0.6 is 0 Å². The van der Waals surface area contributed by atoms with Crippen molar-refractivity contribution in [1.29, 1.82) is 0 Å². The highest BCUT2D eigenvalue weighted by Gasteiger charge is 2.22. The number of aliphatic hydroxyl groups excluding tert-OH is 2. The van der Waals surface area contributed by atoms with Gasteiger partial charge in [0.2, 0.25) is 0 Å². The van der Waals surface area contributed by atoms with Gasteiger partial charge in [0.05, 0.1) is 12.2 Å². The van der Waals surface area contributed by atoms with E-state index >= 15 is 0 Å². The Morgan fingerprint density at radius 3 is 2.59 bits per heavy atom. The van der Waals surface area contributed by atoms with E-state index in [1.807, 2.05) is 24.3 Å². The first-order valence-corrected chi connectivity index (χ1v) is 6.06. The predicted molar refractivity (Wildman–Crippen MR) is 66.4 cm³/mol. The van der Waals surface area contributed by atoms with E-state index in [9.17, 15) is 10.2 Å². The van der Waals surface area contributed by atoms with Gasteiger partial charge in [-0.2, -0.15) is 0 Å². The lowest BCUT2D eigenvalue weighted by Gasteiger charge is -2.19. The maximum Gasteiger partial charge on any atom is 0.0916 e. The molecule has 0 spiro atoms. The van der Waals surface area contributed by atoms with E-state index in [4.69, 9.17) is 5.73 Å². The zero-order chi connectivity index (χ0) is 12.3. The summed E-state index contributed by atoms with van der Waals surface area (Å²) in [5.74, 6) is 0. The molecule has 1 aliphatic heterocycles. The highest BCUT2D eigenvalue weighted by Crippen LogP contribution is 2.18. The normalized spacial score (nSPS) is 22.9. The number of aliphatic hydroxyl groups is 2. The summed E-state index contributed by atoms with van der Waals surface area (Å²) in [4.78, 5) is 2.09. The van der Waals surface area contributed by atoms with Gasteiger partial charge in [-0.15, -0.1) is 0 Å². The fraction of sp³-hybridized carbons (Fsp3) is 0.538. The average Bonchev–Trinajstić information content (AvgIpc) is 2.75. The van der Waals surface area contributed by atoms with Crippen LogP contribution in [0, 0.1) is 0 Å². The molecule has 0 bridgehead atoms. The van der Waals surface area contributed by atoms with E-state index in [1.54, 1.807) is 0 Å². The van der Waals surface area contributed by atoms with Gasteiger partial charge < -0.3 is 15.9 Å². The van der Waals surface area contributed by atoms with Crippen LogP contribution in [-0.2, 0) is 6.54 Å². The maximum absolute atomic E-state index is 10.1. The lowest BCUT2D eigenvalue weighted by molar-refractivity contribution is 0.113. The van der Waals surface area contributed by atoms with Gasteiger partial charge in [-0.25, -0.2) is 0 Å². The molecule has 0 amide bonds. The van der Waals surface area contributed by atoms with Crippen molar-refractivity contribution in [3.8, 4) is 0 Å². The molecular weight excluding hydrogens is 216 g/mol. The van der Waals surface area contributed by atoms with Crippen LogP contribution in [0.5, 0.6) is 0 Å². The molecule has 1 aliphatic rings. The summed E-state index contributed by atoms with van der Waals surface area (Å²) in [6, 6.07) is 7.72. The van der Waals surface area contributed by atoms with Gasteiger partial charge in [-0.3, -0.25) is 4.90 Å². The van der Waals surface area contributed by atoms with E-state index in [2.05, 4.69) is 4.90 Å². The number of nitrogens with zero attached hydrogens (tertiary/aromatic N) is 1. The van der Waals surface area contributed by atoms with Gasteiger partial charge in [0, 0.05) is 26.2 Å². The Hall–Kier alpha value is -0.940.